The second-order valence-electron chi connectivity index (χ2n) is 13.3. The Kier molecular flexibility index (Phi) is 9.05. The summed E-state index contributed by atoms with van der Waals surface area (Å²) >= 11 is 5.95. The van der Waals surface area contributed by atoms with Crippen molar-refractivity contribution >= 4 is 35.0 Å². The van der Waals surface area contributed by atoms with Crippen LogP contribution in [0.4, 0.5) is 10.1 Å². The first-order chi connectivity index (χ1) is 21.6. The molecule has 3 amide bonds. The molecule has 1 spiro atoms. The van der Waals surface area contributed by atoms with Crippen molar-refractivity contribution in [2.45, 2.75) is 69.9 Å². The molecule has 6 rings (SSSR count). The predicted molar refractivity (Wildman–Crippen MR) is 171 cm³/mol. The van der Waals surface area contributed by atoms with Crippen molar-refractivity contribution < 1.29 is 23.5 Å². The SMILES string of the molecule is C[C@H]1[C@H](C)CCC[C@@H]1NC(=O)[C@@H]1N(CCCN(C)Cc2ccccc2)C(=O)[C@@H]2[C@H](C(=O)Nc3ccc(F)c(Cl)c3)[C@@H]3C=C[C@]21O3. The highest BCUT2D eigenvalue weighted by Gasteiger charge is 2.72. The first-order valence-corrected chi connectivity index (χ1v) is 16.4. The monoisotopic (exact) mass is 636 g/mol. The van der Waals surface area contributed by atoms with Gasteiger partial charge in [0.15, 0.2) is 0 Å². The van der Waals surface area contributed by atoms with E-state index in [1.807, 2.05) is 31.3 Å². The van der Waals surface area contributed by atoms with Gasteiger partial charge in [-0.2, -0.15) is 0 Å². The molecule has 240 valence electrons. The van der Waals surface area contributed by atoms with Gasteiger partial charge >= 0.3 is 0 Å². The van der Waals surface area contributed by atoms with Gasteiger partial charge in [0.25, 0.3) is 0 Å². The summed E-state index contributed by atoms with van der Waals surface area (Å²) in [6.45, 7) is 6.24. The number of hydrogen-bond donors (Lipinski definition) is 2. The summed E-state index contributed by atoms with van der Waals surface area (Å²) in [5.41, 5.74) is 0.282. The van der Waals surface area contributed by atoms with E-state index in [0.717, 1.165) is 32.4 Å². The Balaban J connectivity index is 1.23. The van der Waals surface area contributed by atoms with Gasteiger partial charge in [-0.05, 0) is 62.0 Å². The third kappa shape index (κ3) is 6.02. The van der Waals surface area contributed by atoms with Crippen molar-refractivity contribution in [3.63, 3.8) is 0 Å². The molecule has 2 aromatic carbocycles. The van der Waals surface area contributed by atoms with Crippen molar-refractivity contribution in [2.24, 2.45) is 23.7 Å². The number of carbonyl (C=O) groups is 3. The van der Waals surface area contributed by atoms with Gasteiger partial charge in [-0.25, -0.2) is 4.39 Å². The van der Waals surface area contributed by atoms with E-state index in [-0.39, 0.29) is 22.9 Å². The van der Waals surface area contributed by atoms with Gasteiger partial charge in [0.1, 0.15) is 17.5 Å². The van der Waals surface area contributed by atoms with E-state index >= 15 is 0 Å². The van der Waals surface area contributed by atoms with Crippen LogP contribution in [0.1, 0.15) is 45.1 Å². The molecule has 3 aliphatic heterocycles. The molecular weight excluding hydrogens is 595 g/mol. The van der Waals surface area contributed by atoms with E-state index in [9.17, 15) is 18.8 Å². The highest BCUT2D eigenvalue weighted by Crippen LogP contribution is 2.55. The lowest BCUT2D eigenvalue weighted by Crippen LogP contribution is -2.58. The number of fused-ring (bicyclic) bond motifs is 1. The van der Waals surface area contributed by atoms with E-state index in [2.05, 4.69) is 41.5 Å². The number of nitrogens with zero attached hydrogens (tertiary/aromatic N) is 2. The minimum atomic E-state index is -1.24. The van der Waals surface area contributed by atoms with Gasteiger partial charge in [0, 0.05) is 24.8 Å². The second kappa shape index (κ2) is 12.9. The fourth-order valence-electron chi connectivity index (χ4n) is 7.84. The number of benzene rings is 2. The molecule has 8 nitrogen and oxygen atoms in total. The van der Waals surface area contributed by atoms with Crippen molar-refractivity contribution in [1.82, 2.24) is 15.1 Å². The van der Waals surface area contributed by atoms with E-state index in [1.54, 1.807) is 11.0 Å². The highest BCUT2D eigenvalue weighted by atomic mass is 35.5. The van der Waals surface area contributed by atoms with Gasteiger partial charge in [-0.1, -0.05) is 80.8 Å². The molecular formula is C35H42ClFN4O4. The normalized spacial score (nSPS) is 31.8. The van der Waals surface area contributed by atoms with Crippen LogP contribution in [-0.2, 0) is 25.7 Å². The number of likely N-dealkylation sites (tertiary alicyclic amines) is 1. The molecule has 2 bridgehead atoms. The van der Waals surface area contributed by atoms with E-state index in [4.69, 9.17) is 16.3 Å². The van der Waals surface area contributed by atoms with Gasteiger partial charge < -0.3 is 25.2 Å². The summed E-state index contributed by atoms with van der Waals surface area (Å²) in [6, 6.07) is 13.3. The molecule has 10 heteroatoms. The van der Waals surface area contributed by atoms with E-state index in [1.165, 1.54) is 23.8 Å². The van der Waals surface area contributed by atoms with Crippen LogP contribution in [0.15, 0.2) is 60.7 Å². The Bertz CT molecular complexity index is 1470. The zero-order valence-corrected chi connectivity index (χ0v) is 26.8. The molecule has 2 aromatic rings. The molecule has 8 atom stereocenters. The summed E-state index contributed by atoms with van der Waals surface area (Å²) in [6.07, 6.45) is 6.69. The van der Waals surface area contributed by atoms with Crippen LogP contribution >= 0.6 is 11.6 Å². The maximum absolute atomic E-state index is 14.3. The molecule has 0 aromatic heterocycles. The van der Waals surface area contributed by atoms with Crippen LogP contribution in [0.3, 0.4) is 0 Å². The number of carbonyl (C=O) groups excluding carboxylic acids is 3. The number of ether oxygens (including phenoxy) is 1. The molecule has 1 saturated carbocycles. The Morgan fingerprint density at radius 1 is 1.13 bits per heavy atom. The van der Waals surface area contributed by atoms with Crippen molar-refractivity contribution in [1.29, 1.82) is 0 Å². The van der Waals surface area contributed by atoms with Crippen LogP contribution in [0.25, 0.3) is 0 Å². The average Bonchev–Trinajstić information content (AvgIpc) is 3.65. The largest absolute Gasteiger partial charge is 0.359 e. The molecule has 0 unspecified atom stereocenters. The molecule has 3 heterocycles. The average molecular weight is 637 g/mol. The molecule has 4 aliphatic rings. The quantitative estimate of drug-likeness (QED) is 0.357. The van der Waals surface area contributed by atoms with Crippen molar-refractivity contribution in [3.8, 4) is 0 Å². The maximum Gasteiger partial charge on any atom is 0.246 e. The van der Waals surface area contributed by atoms with E-state index < -0.39 is 41.3 Å². The van der Waals surface area contributed by atoms with E-state index in [0.29, 0.717) is 30.5 Å². The van der Waals surface area contributed by atoms with Gasteiger partial charge in [-0.15, -0.1) is 0 Å². The Labute approximate surface area is 269 Å². The molecule has 3 fully saturated rings. The standard InChI is InChI=1S/C35H42ClFN4O4/c1-21-9-7-12-27(22(21)2)39-33(43)31-35-16-15-28(45-35)29(32(42)38-24-13-14-26(37)25(36)19-24)30(35)34(44)41(31)18-8-17-40(3)20-23-10-5-4-6-11-23/h4-6,10-11,13-16,19,21-22,27-31H,7-9,12,17-18,20H2,1-3H3,(H,38,42)(H,39,43)/t21-,22+,27+,28+,29-,30+,31+,35+/m1/s1. The lowest BCUT2D eigenvalue weighted by atomic mass is 9.73. The van der Waals surface area contributed by atoms with Crippen molar-refractivity contribution in [2.75, 3.05) is 25.5 Å². The smallest absolute Gasteiger partial charge is 0.246 e. The lowest BCUT2D eigenvalue weighted by molar-refractivity contribution is -0.141. The third-order valence-corrected chi connectivity index (χ3v) is 10.7. The van der Waals surface area contributed by atoms with Crippen LogP contribution in [0.5, 0.6) is 0 Å². The molecule has 45 heavy (non-hydrogen) atoms. The fourth-order valence-corrected chi connectivity index (χ4v) is 8.02. The van der Waals surface area contributed by atoms with Crippen LogP contribution in [0.2, 0.25) is 5.02 Å². The molecule has 0 radical (unpaired) electrons. The second-order valence-corrected chi connectivity index (χ2v) is 13.7. The van der Waals surface area contributed by atoms with Gasteiger partial charge in [0.05, 0.1) is 23.0 Å². The minimum Gasteiger partial charge on any atom is -0.359 e. The number of nitrogens with one attached hydrogen (secondary N) is 2. The topological polar surface area (TPSA) is 91.0 Å². The number of halogens is 2. The first kappa shape index (κ1) is 31.7. The summed E-state index contributed by atoms with van der Waals surface area (Å²) in [5, 5.41) is 5.99. The van der Waals surface area contributed by atoms with Crippen LogP contribution < -0.4 is 10.6 Å². The zero-order chi connectivity index (χ0) is 31.9. The highest BCUT2D eigenvalue weighted by molar-refractivity contribution is 6.31. The lowest BCUT2D eigenvalue weighted by Gasteiger charge is -2.38. The molecule has 2 N–H and O–H groups in total. The minimum absolute atomic E-state index is 0.00978. The van der Waals surface area contributed by atoms with Gasteiger partial charge in [0.2, 0.25) is 17.7 Å². The van der Waals surface area contributed by atoms with Crippen LogP contribution in [0, 0.1) is 29.5 Å². The zero-order valence-electron chi connectivity index (χ0n) is 26.0. The number of hydrogen-bond acceptors (Lipinski definition) is 5. The maximum atomic E-state index is 14.3. The summed E-state index contributed by atoms with van der Waals surface area (Å²) in [5.74, 6) is -2.41. The van der Waals surface area contributed by atoms with Gasteiger partial charge in [-0.3, -0.25) is 14.4 Å². The molecule has 1 aliphatic carbocycles. The first-order valence-electron chi connectivity index (χ1n) is 16.1. The number of amides is 3. The Hall–Kier alpha value is -3.27. The third-order valence-electron chi connectivity index (χ3n) is 10.4. The fraction of sp³-hybridized carbons (Fsp3) is 0.514. The van der Waals surface area contributed by atoms with Crippen LogP contribution in [-0.4, -0.2) is 71.4 Å². The number of rotatable bonds is 10. The summed E-state index contributed by atoms with van der Waals surface area (Å²) in [7, 11) is 2.04. The van der Waals surface area contributed by atoms with Crippen molar-refractivity contribution in [3.05, 3.63) is 77.1 Å². The summed E-state index contributed by atoms with van der Waals surface area (Å²) in [4.78, 5) is 46.1. The number of anilines is 1. The predicted octanol–water partition coefficient (Wildman–Crippen LogP) is 5.03. The summed E-state index contributed by atoms with van der Waals surface area (Å²) < 4.78 is 20.2. The Morgan fingerprint density at radius 2 is 1.91 bits per heavy atom. The molecule has 2 saturated heterocycles. The Morgan fingerprint density at radius 3 is 2.67 bits per heavy atom.